The van der Waals surface area contributed by atoms with Gasteiger partial charge in [-0.25, -0.2) is 4.98 Å². The Hall–Kier alpha value is -1.36. The summed E-state index contributed by atoms with van der Waals surface area (Å²) in [5.41, 5.74) is 1.95. The van der Waals surface area contributed by atoms with Crippen molar-refractivity contribution in [2.24, 2.45) is 7.05 Å². The molecular formula is C14H18ClN3O. The van der Waals surface area contributed by atoms with Crippen molar-refractivity contribution in [1.82, 2.24) is 14.5 Å². The van der Waals surface area contributed by atoms with Crippen LogP contribution in [0.5, 0.6) is 0 Å². The number of nitrogens with zero attached hydrogens (tertiary/aromatic N) is 3. The fraction of sp³-hybridized carbons (Fsp3) is 0.357. The van der Waals surface area contributed by atoms with Gasteiger partial charge >= 0.3 is 0 Å². The Bertz CT molecular complexity index is 579. The first kappa shape index (κ1) is 14.1. The van der Waals surface area contributed by atoms with Gasteiger partial charge in [-0.15, -0.1) is 6.58 Å². The topological polar surface area (TPSA) is 41.3 Å². The van der Waals surface area contributed by atoms with Gasteiger partial charge in [0.2, 0.25) is 0 Å². The van der Waals surface area contributed by atoms with Gasteiger partial charge in [-0.05, 0) is 18.2 Å². The summed E-state index contributed by atoms with van der Waals surface area (Å²) in [6, 6.07) is 5.70. The molecule has 0 bridgehead atoms. The van der Waals surface area contributed by atoms with Crippen LogP contribution in [0.2, 0.25) is 5.02 Å². The number of aryl methyl sites for hydroxylation is 1. The number of aliphatic hydroxyl groups is 1. The highest BCUT2D eigenvalue weighted by molar-refractivity contribution is 6.31. The quantitative estimate of drug-likeness (QED) is 0.825. The maximum atomic E-state index is 9.07. The van der Waals surface area contributed by atoms with Gasteiger partial charge in [-0.3, -0.25) is 4.90 Å². The van der Waals surface area contributed by atoms with Crippen molar-refractivity contribution < 1.29 is 5.11 Å². The highest BCUT2D eigenvalue weighted by atomic mass is 35.5. The third-order valence-electron chi connectivity index (χ3n) is 3.10. The maximum absolute atomic E-state index is 9.07. The molecule has 1 aromatic heterocycles. The molecule has 1 heterocycles. The summed E-state index contributed by atoms with van der Waals surface area (Å²) in [4.78, 5) is 6.69. The average Bonchev–Trinajstić information content (AvgIpc) is 2.66. The summed E-state index contributed by atoms with van der Waals surface area (Å²) in [5.74, 6) is 0.951. The summed E-state index contributed by atoms with van der Waals surface area (Å²) in [5, 5.41) is 9.76. The lowest BCUT2D eigenvalue weighted by Gasteiger charge is -2.18. The van der Waals surface area contributed by atoms with E-state index in [0.29, 0.717) is 18.1 Å². The lowest BCUT2D eigenvalue weighted by molar-refractivity contribution is 0.199. The molecule has 0 aliphatic rings. The van der Waals surface area contributed by atoms with Crippen molar-refractivity contribution in [2.45, 2.75) is 6.54 Å². The first-order chi connectivity index (χ1) is 9.15. The predicted molar refractivity (Wildman–Crippen MR) is 78.3 cm³/mol. The Kier molecular flexibility index (Phi) is 4.58. The van der Waals surface area contributed by atoms with Gasteiger partial charge in [-0.2, -0.15) is 0 Å². The van der Waals surface area contributed by atoms with Crippen LogP contribution in [0.15, 0.2) is 30.9 Å². The fourth-order valence-corrected chi connectivity index (χ4v) is 2.29. The Morgan fingerprint density at radius 2 is 2.32 bits per heavy atom. The third-order valence-corrected chi connectivity index (χ3v) is 3.34. The van der Waals surface area contributed by atoms with Gasteiger partial charge in [0.15, 0.2) is 0 Å². The predicted octanol–water partition coefficient (Wildman–Crippen LogP) is 2.21. The van der Waals surface area contributed by atoms with Gasteiger partial charge in [0.05, 0.1) is 24.2 Å². The van der Waals surface area contributed by atoms with E-state index in [1.54, 1.807) is 0 Å². The van der Waals surface area contributed by atoms with Crippen molar-refractivity contribution in [3.05, 3.63) is 41.7 Å². The van der Waals surface area contributed by atoms with Crippen LogP contribution in [0.4, 0.5) is 0 Å². The molecule has 0 unspecified atom stereocenters. The van der Waals surface area contributed by atoms with Crippen molar-refractivity contribution >= 4 is 22.6 Å². The van der Waals surface area contributed by atoms with E-state index < -0.39 is 0 Å². The van der Waals surface area contributed by atoms with Gasteiger partial charge in [0.1, 0.15) is 5.82 Å². The second kappa shape index (κ2) is 6.19. The normalized spacial score (nSPS) is 11.4. The van der Waals surface area contributed by atoms with Gasteiger partial charge in [0, 0.05) is 25.2 Å². The number of rotatable bonds is 6. The molecule has 102 valence electrons. The Morgan fingerprint density at radius 3 is 3.00 bits per heavy atom. The number of imidazole rings is 1. The number of halogens is 1. The molecule has 0 aliphatic carbocycles. The van der Waals surface area contributed by atoms with Crippen molar-refractivity contribution in [2.75, 3.05) is 19.7 Å². The first-order valence-electron chi connectivity index (χ1n) is 6.20. The SMILES string of the molecule is C=CCN(CCO)Cc1nc2cc(Cl)ccc2n1C. The van der Waals surface area contributed by atoms with Crippen LogP contribution < -0.4 is 0 Å². The van der Waals surface area contributed by atoms with E-state index in [0.717, 1.165) is 23.4 Å². The molecular weight excluding hydrogens is 262 g/mol. The summed E-state index contributed by atoms with van der Waals surface area (Å²) >= 11 is 5.98. The Balaban J connectivity index is 2.28. The minimum absolute atomic E-state index is 0.129. The lowest BCUT2D eigenvalue weighted by Crippen LogP contribution is -2.27. The summed E-state index contributed by atoms with van der Waals surface area (Å²) < 4.78 is 2.05. The van der Waals surface area contributed by atoms with Crippen molar-refractivity contribution in [1.29, 1.82) is 0 Å². The van der Waals surface area contributed by atoms with E-state index in [-0.39, 0.29) is 6.61 Å². The zero-order chi connectivity index (χ0) is 13.8. The number of hydrogen-bond acceptors (Lipinski definition) is 3. The molecule has 0 radical (unpaired) electrons. The number of aliphatic hydroxyl groups excluding tert-OH is 1. The third kappa shape index (κ3) is 3.15. The molecule has 0 aliphatic heterocycles. The zero-order valence-corrected chi connectivity index (χ0v) is 11.8. The van der Waals surface area contributed by atoms with Crippen LogP contribution >= 0.6 is 11.6 Å². The summed E-state index contributed by atoms with van der Waals surface area (Å²) in [6.07, 6.45) is 1.83. The van der Waals surface area contributed by atoms with Gasteiger partial charge in [-0.1, -0.05) is 17.7 Å². The molecule has 0 amide bonds. The molecule has 2 rings (SSSR count). The van der Waals surface area contributed by atoms with E-state index in [1.807, 2.05) is 31.3 Å². The first-order valence-corrected chi connectivity index (χ1v) is 6.58. The number of fused-ring (bicyclic) bond motifs is 1. The molecule has 0 saturated heterocycles. The van der Waals surface area contributed by atoms with Gasteiger partial charge < -0.3 is 9.67 Å². The lowest BCUT2D eigenvalue weighted by atomic mass is 10.3. The molecule has 0 spiro atoms. The average molecular weight is 280 g/mol. The molecule has 19 heavy (non-hydrogen) atoms. The molecule has 1 aromatic carbocycles. The maximum Gasteiger partial charge on any atom is 0.123 e. The smallest absolute Gasteiger partial charge is 0.123 e. The fourth-order valence-electron chi connectivity index (χ4n) is 2.12. The van der Waals surface area contributed by atoms with Crippen molar-refractivity contribution in [3.63, 3.8) is 0 Å². The van der Waals surface area contributed by atoms with Crippen LogP contribution in [0.25, 0.3) is 11.0 Å². The minimum Gasteiger partial charge on any atom is -0.395 e. The Morgan fingerprint density at radius 1 is 1.53 bits per heavy atom. The molecule has 5 heteroatoms. The molecule has 4 nitrogen and oxygen atoms in total. The summed E-state index contributed by atoms with van der Waals surface area (Å²) in [7, 11) is 1.99. The molecule has 1 N–H and O–H groups in total. The summed E-state index contributed by atoms with van der Waals surface area (Å²) in [6.45, 7) is 5.87. The van der Waals surface area contributed by atoms with E-state index in [9.17, 15) is 0 Å². The molecule has 0 fully saturated rings. The van der Waals surface area contributed by atoms with Gasteiger partial charge in [0.25, 0.3) is 0 Å². The van der Waals surface area contributed by atoms with Crippen LogP contribution in [0, 0.1) is 0 Å². The van der Waals surface area contributed by atoms with Crippen LogP contribution in [0.1, 0.15) is 5.82 Å². The monoisotopic (exact) mass is 279 g/mol. The largest absolute Gasteiger partial charge is 0.395 e. The second-order valence-electron chi connectivity index (χ2n) is 4.47. The molecule has 0 saturated carbocycles. The highest BCUT2D eigenvalue weighted by Gasteiger charge is 2.11. The number of benzene rings is 1. The number of aromatic nitrogens is 2. The van der Waals surface area contributed by atoms with E-state index >= 15 is 0 Å². The molecule has 0 atom stereocenters. The second-order valence-corrected chi connectivity index (χ2v) is 4.90. The van der Waals surface area contributed by atoms with E-state index in [2.05, 4.69) is 21.0 Å². The Labute approximate surface area is 117 Å². The standard InChI is InChI=1S/C14H18ClN3O/c1-3-6-18(7-8-19)10-14-16-12-9-11(15)4-5-13(12)17(14)2/h3-5,9,19H,1,6-8,10H2,2H3. The van der Waals surface area contributed by atoms with Crippen LogP contribution in [0.3, 0.4) is 0 Å². The molecule has 2 aromatic rings. The highest BCUT2D eigenvalue weighted by Crippen LogP contribution is 2.20. The van der Waals surface area contributed by atoms with Crippen LogP contribution in [-0.4, -0.2) is 39.3 Å². The van der Waals surface area contributed by atoms with Crippen LogP contribution in [-0.2, 0) is 13.6 Å². The zero-order valence-electron chi connectivity index (χ0n) is 11.0. The number of hydrogen-bond donors (Lipinski definition) is 1. The minimum atomic E-state index is 0.129. The van der Waals surface area contributed by atoms with E-state index in [4.69, 9.17) is 16.7 Å². The van der Waals surface area contributed by atoms with Crippen molar-refractivity contribution in [3.8, 4) is 0 Å². The van der Waals surface area contributed by atoms with E-state index in [1.165, 1.54) is 0 Å².